The fraction of sp³-hybridized carbons (Fsp3) is 0.737. The highest BCUT2D eigenvalue weighted by atomic mass is 32.1. The molecule has 1 saturated heterocycles. The van der Waals surface area contributed by atoms with Gasteiger partial charge in [0, 0.05) is 60.4 Å². The van der Waals surface area contributed by atoms with Crippen molar-refractivity contribution in [2.45, 2.75) is 74.9 Å². The van der Waals surface area contributed by atoms with Crippen LogP contribution in [-0.4, -0.2) is 43.2 Å². The molecule has 1 aromatic rings. The lowest BCUT2D eigenvalue weighted by Gasteiger charge is -2.29. The number of hydrogen-bond donors (Lipinski definition) is 2. The zero-order chi connectivity index (χ0) is 18.1. The number of carbonyl (C=O) groups excluding carboxylic acids is 1. The van der Waals surface area contributed by atoms with Gasteiger partial charge in [-0.15, -0.1) is 11.3 Å². The van der Waals surface area contributed by atoms with Crippen LogP contribution in [0.15, 0.2) is 11.4 Å². The lowest BCUT2D eigenvalue weighted by atomic mass is 9.92. The molecule has 3 fully saturated rings. The Morgan fingerprint density at radius 1 is 1.15 bits per heavy atom. The molecule has 2 saturated carbocycles. The van der Waals surface area contributed by atoms with Gasteiger partial charge in [0.2, 0.25) is 5.92 Å². The van der Waals surface area contributed by atoms with Crippen LogP contribution in [0, 0.1) is 0 Å². The number of thiophene rings is 1. The maximum atomic E-state index is 13.2. The van der Waals surface area contributed by atoms with E-state index in [1.54, 1.807) is 11.3 Å². The van der Waals surface area contributed by atoms with Crippen LogP contribution in [0.3, 0.4) is 0 Å². The normalized spacial score (nSPS) is 29.5. The highest BCUT2D eigenvalue weighted by Crippen LogP contribution is 2.45. The van der Waals surface area contributed by atoms with E-state index in [0.717, 1.165) is 24.8 Å². The smallest absolute Gasteiger partial charge is 0.252 e. The zero-order valence-electron chi connectivity index (χ0n) is 14.8. The van der Waals surface area contributed by atoms with Crippen molar-refractivity contribution in [3.63, 3.8) is 0 Å². The monoisotopic (exact) mass is 384 g/mol. The average Bonchev–Trinajstić information content (AvgIpc) is 3.20. The Kier molecular flexibility index (Phi) is 5.30. The van der Waals surface area contributed by atoms with Gasteiger partial charge in [0.05, 0.1) is 5.56 Å². The number of nitrogens with one attached hydrogen (secondary N) is 2. The van der Waals surface area contributed by atoms with Gasteiger partial charge < -0.3 is 15.4 Å². The van der Waals surface area contributed by atoms with Gasteiger partial charge in [-0.3, -0.25) is 4.79 Å². The fourth-order valence-electron chi connectivity index (χ4n) is 3.98. The van der Waals surface area contributed by atoms with Crippen LogP contribution in [0.2, 0.25) is 0 Å². The number of halogens is 2. The number of hydrogen-bond acceptors (Lipinski definition) is 4. The Labute approximate surface area is 156 Å². The van der Waals surface area contributed by atoms with Gasteiger partial charge in [0.25, 0.3) is 5.91 Å². The Morgan fingerprint density at radius 2 is 1.88 bits per heavy atom. The molecule has 1 aromatic heterocycles. The molecule has 3 aliphatic rings. The number of ether oxygens (including phenoxy) is 1. The molecule has 0 radical (unpaired) electrons. The van der Waals surface area contributed by atoms with Gasteiger partial charge in [0.15, 0.2) is 0 Å². The van der Waals surface area contributed by atoms with Crippen LogP contribution in [0.25, 0.3) is 0 Å². The quantitative estimate of drug-likeness (QED) is 0.814. The number of carbonyl (C=O) groups is 1. The first kappa shape index (κ1) is 18.3. The number of rotatable bonds is 5. The summed E-state index contributed by atoms with van der Waals surface area (Å²) in [6, 6.07) is 2.79. The summed E-state index contributed by atoms with van der Waals surface area (Å²) in [6.45, 7) is 1.42. The molecule has 2 heterocycles. The van der Waals surface area contributed by atoms with Gasteiger partial charge in [-0.25, -0.2) is 8.78 Å². The molecule has 26 heavy (non-hydrogen) atoms. The molecule has 0 spiro atoms. The van der Waals surface area contributed by atoms with E-state index in [1.165, 1.54) is 4.88 Å². The minimum absolute atomic E-state index is 0.000860. The second kappa shape index (κ2) is 7.52. The summed E-state index contributed by atoms with van der Waals surface area (Å²) in [5.74, 6) is -2.05. The summed E-state index contributed by atoms with van der Waals surface area (Å²) in [4.78, 5) is 13.6. The van der Waals surface area contributed by atoms with Gasteiger partial charge in [-0.05, 0) is 38.2 Å². The van der Waals surface area contributed by atoms with Crippen molar-refractivity contribution in [2.24, 2.45) is 0 Å². The van der Waals surface area contributed by atoms with E-state index in [9.17, 15) is 13.6 Å². The van der Waals surface area contributed by atoms with Crippen molar-refractivity contribution in [2.75, 3.05) is 13.2 Å². The molecule has 1 amide bonds. The predicted octanol–water partition coefficient (Wildman–Crippen LogP) is 3.68. The van der Waals surface area contributed by atoms with E-state index in [2.05, 4.69) is 10.6 Å². The van der Waals surface area contributed by atoms with Gasteiger partial charge in [0.1, 0.15) is 0 Å². The van der Waals surface area contributed by atoms with E-state index in [1.807, 2.05) is 11.4 Å². The second-order valence-corrected chi connectivity index (χ2v) is 8.79. The first-order chi connectivity index (χ1) is 12.5. The van der Waals surface area contributed by atoms with Crippen LogP contribution in [0.4, 0.5) is 8.78 Å². The molecule has 4 nitrogen and oxygen atoms in total. The summed E-state index contributed by atoms with van der Waals surface area (Å²) in [5, 5.41) is 8.57. The maximum Gasteiger partial charge on any atom is 0.252 e. The molecule has 144 valence electrons. The highest BCUT2D eigenvalue weighted by molar-refractivity contribution is 7.10. The van der Waals surface area contributed by atoms with Crippen LogP contribution >= 0.6 is 11.3 Å². The molecule has 4 rings (SSSR count). The first-order valence-corrected chi connectivity index (χ1v) is 10.5. The SMILES string of the molecule is O=C(NC1CCOCC1)c1csc(C2CC2NC2CCC(F)(F)CC2)c1. The molecule has 2 aliphatic carbocycles. The third-order valence-electron chi connectivity index (χ3n) is 5.76. The fourth-order valence-corrected chi connectivity index (χ4v) is 5.05. The third kappa shape index (κ3) is 4.43. The van der Waals surface area contributed by atoms with Crippen molar-refractivity contribution in [1.82, 2.24) is 10.6 Å². The minimum atomic E-state index is -2.47. The molecular formula is C19H26F2N2O2S. The predicted molar refractivity (Wildman–Crippen MR) is 97.1 cm³/mol. The number of amides is 1. The van der Waals surface area contributed by atoms with E-state index in [-0.39, 0.29) is 30.8 Å². The Hall–Kier alpha value is -1.05. The maximum absolute atomic E-state index is 13.2. The Balaban J connectivity index is 1.26. The van der Waals surface area contributed by atoms with Gasteiger partial charge in [-0.2, -0.15) is 0 Å². The zero-order valence-corrected chi connectivity index (χ0v) is 15.6. The van der Waals surface area contributed by atoms with E-state index in [4.69, 9.17) is 4.74 Å². The minimum Gasteiger partial charge on any atom is -0.381 e. The van der Waals surface area contributed by atoms with Gasteiger partial charge >= 0.3 is 0 Å². The standard InChI is InChI=1S/C19H26F2N2O2S/c20-19(21)5-1-13(2-6-19)22-16-10-15(16)17-9-12(11-26-17)18(24)23-14-3-7-25-8-4-14/h9,11,13-16,22H,1-8,10H2,(H,23,24). The lowest BCUT2D eigenvalue weighted by Crippen LogP contribution is -2.38. The molecule has 2 unspecified atom stereocenters. The Bertz CT molecular complexity index is 635. The topological polar surface area (TPSA) is 50.4 Å². The first-order valence-electron chi connectivity index (χ1n) is 9.61. The molecule has 7 heteroatoms. The van der Waals surface area contributed by atoms with Crippen LogP contribution in [-0.2, 0) is 4.74 Å². The molecule has 0 bridgehead atoms. The van der Waals surface area contributed by atoms with Crippen LogP contribution in [0.1, 0.15) is 66.1 Å². The van der Waals surface area contributed by atoms with Gasteiger partial charge in [-0.1, -0.05) is 0 Å². The molecule has 2 atom stereocenters. The summed E-state index contributed by atoms with van der Waals surface area (Å²) in [5.41, 5.74) is 0.736. The lowest BCUT2D eigenvalue weighted by molar-refractivity contribution is -0.0405. The number of alkyl halides is 2. The van der Waals surface area contributed by atoms with Crippen LogP contribution < -0.4 is 10.6 Å². The van der Waals surface area contributed by atoms with Crippen molar-refractivity contribution >= 4 is 17.2 Å². The summed E-state index contributed by atoms with van der Waals surface area (Å²) in [7, 11) is 0. The highest BCUT2D eigenvalue weighted by Gasteiger charge is 2.43. The van der Waals surface area contributed by atoms with Crippen molar-refractivity contribution < 1.29 is 18.3 Å². The largest absolute Gasteiger partial charge is 0.381 e. The summed E-state index contributed by atoms with van der Waals surface area (Å²) in [6.07, 6.45) is 3.89. The Morgan fingerprint density at radius 3 is 2.62 bits per heavy atom. The van der Waals surface area contributed by atoms with E-state index in [0.29, 0.717) is 38.0 Å². The third-order valence-corrected chi connectivity index (χ3v) is 6.83. The molecule has 1 aliphatic heterocycles. The van der Waals surface area contributed by atoms with E-state index >= 15 is 0 Å². The van der Waals surface area contributed by atoms with E-state index < -0.39 is 5.92 Å². The van der Waals surface area contributed by atoms with Crippen molar-refractivity contribution in [1.29, 1.82) is 0 Å². The van der Waals surface area contributed by atoms with Crippen LogP contribution in [0.5, 0.6) is 0 Å². The van der Waals surface area contributed by atoms with Crippen molar-refractivity contribution in [3.05, 3.63) is 21.9 Å². The summed E-state index contributed by atoms with van der Waals surface area (Å²) < 4.78 is 31.8. The molecule has 2 N–H and O–H groups in total. The molecule has 0 aromatic carbocycles. The summed E-state index contributed by atoms with van der Waals surface area (Å²) >= 11 is 1.63. The average molecular weight is 384 g/mol. The second-order valence-electron chi connectivity index (χ2n) is 7.84. The molecular weight excluding hydrogens is 358 g/mol. The van der Waals surface area contributed by atoms with Crippen molar-refractivity contribution in [3.8, 4) is 0 Å².